The highest BCUT2D eigenvalue weighted by molar-refractivity contribution is 5.85. The van der Waals surface area contributed by atoms with Gasteiger partial charge in [-0.15, -0.1) is 12.4 Å². The summed E-state index contributed by atoms with van der Waals surface area (Å²) in [4.78, 5) is 14.8. The summed E-state index contributed by atoms with van der Waals surface area (Å²) in [6, 6.07) is 9.96. The zero-order chi connectivity index (χ0) is 15.4. The van der Waals surface area contributed by atoms with Gasteiger partial charge in [-0.05, 0) is 38.4 Å². The zero-order valence-electron chi connectivity index (χ0n) is 13.8. The Labute approximate surface area is 145 Å². The molecular formula is C18H27ClN2O2. The van der Waals surface area contributed by atoms with Crippen LogP contribution in [0.25, 0.3) is 0 Å². The fourth-order valence-electron chi connectivity index (χ4n) is 3.49. The normalized spacial score (nSPS) is 25.5. The first-order chi connectivity index (χ1) is 10.7. The van der Waals surface area contributed by atoms with Gasteiger partial charge in [0.15, 0.2) is 0 Å². The summed E-state index contributed by atoms with van der Waals surface area (Å²) in [5.74, 6) is 1.24. The van der Waals surface area contributed by atoms with Gasteiger partial charge in [0.25, 0.3) is 0 Å². The molecule has 2 aliphatic rings. The second kappa shape index (κ2) is 8.02. The monoisotopic (exact) mass is 338 g/mol. The predicted octanol–water partition coefficient (Wildman–Crippen LogP) is 2.87. The highest BCUT2D eigenvalue weighted by atomic mass is 35.5. The van der Waals surface area contributed by atoms with Crippen LogP contribution >= 0.6 is 12.4 Å². The van der Waals surface area contributed by atoms with Crippen LogP contribution in [-0.4, -0.2) is 43.1 Å². The van der Waals surface area contributed by atoms with Gasteiger partial charge in [-0.3, -0.25) is 4.79 Å². The second-order valence-corrected chi connectivity index (χ2v) is 6.76. The third-order valence-corrected chi connectivity index (χ3v) is 4.89. The summed E-state index contributed by atoms with van der Waals surface area (Å²) in [6.45, 7) is 5.58. The van der Waals surface area contributed by atoms with E-state index in [2.05, 4.69) is 12.2 Å². The van der Waals surface area contributed by atoms with E-state index in [-0.39, 0.29) is 23.9 Å². The van der Waals surface area contributed by atoms with Crippen LogP contribution in [0, 0.1) is 5.41 Å². The molecule has 128 valence electrons. The van der Waals surface area contributed by atoms with Crippen molar-refractivity contribution in [2.24, 2.45) is 5.41 Å². The van der Waals surface area contributed by atoms with Gasteiger partial charge in [0.1, 0.15) is 11.9 Å². The van der Waals surface area contributed by atoms with E-state index in [4.69, 9.17) is 4.74 Å². The lowest BCUT2D eigenvalue weighted by molar-refractivity contribution is -0.144. The maximum Gasteiger partial charge on any atom is 0.229 e. The number of carbonyl (C=O) groups excluding carboxylic acids is 1. The van der Waals surface area contributed by atoms with E-state index < -0.39 is 0 Å². The molecule has 2 fully saturated rings. The predicted molar refractivity (Wildman–Crippen MR) is 94.1 cm³/mol. The average Bonchev–Trinajstić information content (AvgIpc) is 2.56. The Morgan fingerprint density at radius 3 is 2.57 bits per heavy atom. The van der Waals surface area contributed by atoms with Crippen LogP contribution in [0.5, 0.6) is 5.75 Å². The molecule has 1 aromatic rings. The summed E-state index contributed by atoms with van der Waals surface area (Å²) in [6.07, 6.45) is 4.16. The lowest BCUT2D eigenvalue weighted by Gasteiger charge is -2.40. The van der Waals surface area contributed by atoms with Gasteiger partial charge < -0.3 is 15.0 Å². The Morgan fingerprint density at radius 2 is 1.96 bits per heavy atom. The van der Waals surface area contributed by atoms with E-state index in [0.717, 1.165) is 57.6 Å². The maximum atomic E-state index is 12.8. The molecule has 1 aromatic carbocycles. The first kappa shape index (κ1) is 18.1. The van der Waals surface area contributed by atoms with Crippen LogP contribution < -0.4 is 10.1 Å². The largest absolute Gasteiger partial charge is 0.490 e. The summed E-state index contributed by atoms with van der Waals surface area (Å²) in [5, 5.41) is 3.36. The molecule has 3 rings (SSSR count). The van der Waals surface area contributed by atoms with Crippen molar-refractivity contribution in [2.75, 3.05) is 26.2 Å². The van der Waals surface area contributed by atoms with Crippen molar-refractivity contribution in [1.29, 1.82) is 0 Å². The molecule has 23 heavy (non-hydrogen) atoms. The third kappa shape index (κ3) is 4.39. The first-order valence-corrected chi connectivity index (χ1v) is 8.39. The highest BCUT2D eigenvalue weighted by Crippen LogP contribution is 2.29. The molecular weight excluding hydrogens is 312 g/mol. The number of rotatable bonds is 3. The summed E-state index contributed by atoms with van der Waals surface area (Å²) in [5.41, 5.74) is -0.217. The molecule has 0 saturated carbocycles. The number of piperidine rings is 2. The van der Waals surface area contributed by atoms with Crippen LogP contribution in [0.4, 0.5) is 0 Å². The Hall–Kier alpha value is -1.26. The molecule has 4 nitrogen and oxygen atoms in total. The Balaban J connectivity index is 0.00000192. The Bertz CT molecular complexity index is 495. The van der Waals surface area contributed by atoms with Gasteiger partial charge in [-0.25, -0.2) is 0 Å². The van der Waals surface area contributed by atoms with Gasteiger partial charge in [-0.1, -0.05) is 18.2 Å². The van der Waals surface area contributed by atoms with E-state index in [0.29, 0.717) is 5.91 Å². The van der Waals surface area contributed by atoms with E-state index in [9.17, 15) is 4.79 Å². The SMILES string of the molecule is CC1(C(=O)N2CCC(Oc3ccccc3)CC2)CCCNC1.Cl. The van der Waals surface area contributed by atoms with Crippen molar-refractivity contribution in [3.05, 3.63) is 30.3 Å². The lowest BCUT2D eigenvalue weighted by atomic mass is 9.81. The number of nitrogens with one attached hydrogen (secondary N) is 1. The van der Waals surface area contributed by atoms with Gasteiger partial charge in [0, 0.05) is 32.5 Å². The maximum absolute atomic E-state index is 12.8. The molecule has 5 heteroatoms. The van der Waals surface area contributed by atoms with Crippen molar-refractivity contribution in [3.8, 4) is 5.75 Å². The number of nitrogens with zero attached hydrogens (tertiary/aromatic N) is 1. The molecule has 2 heterocycles. The molecule has 1 N–H and O–H groups in total. The van der Waals surface area contributed by atoms with Gasteiger partial charge in [0.2, 0.25) is 5.91 Å². The number of benzene rings is 1. The Kier molecular flexibility index (Phi) is 6.31. The third-order valence-electron chi connectivity index (χ3n) is 4.89. The van der Waals surface area contributed by atoms with Crippen molar-refractivity contribution in [3.63, 3.8) is 0 Å². The molecule has 2 aliphatic heterocycles. The van der Waals surface area contributed by atoms with Crippen molar-refractivity contribution in [1.82, 2.24) is 10.2 Å². The molecule has 2 saturated heterocycles. The van der Waals surface area contributed by atoms with E-state index in [1.807, 2.05) is 35.2 Å². The van der Waals surface area contributed by atoms with Gasteiger partial charge in [0.05, 0.1) is 5.41 Å². The first-order valence-electron chi connectivity index (χ1n) is 8.39. The Morgan fingerprint density at radius 1 is 1.26 bits per heavy atom. The topological polar surface area (TPSA) is 41.6 Å². The fraction of sp³-hybridized carbons (Fsp3) is 0.611. The zero-order valence-corrected chi connectivity index (χ0v) is 14.6. The molecule has 0 radical (unpaired) electrons. The summed E-state index contributed by atoms with van der Waals surface area (Å²) >= 11 is 0. The molecule has 0 bridgehead atoms. The lowest BCUT2D eigenvalue weighted by Crippen LogP contribution is -2.52. The molecule has 1 amide bonds. The summed E-state index contributed by atoms with van der Waals surface area (Å²) < 4.78 is 6.00. The number of amides is 1. The average molecular weight is 339 g/mol. The number of carbonyl (C=O) groups is 1. The van der Waals surface area contributed by atoms with Crippen molar-refractivity contribution in [2.45, 2.75) is 38.7 Å². The molecule has 0 aliphatic carbocycles. The number of hydrogen-bond acceptors (Lipinski definition) is 3. The fourth-order valence-corrected chi connectivity index (χ4v) is 3.49. The molecule has 0 aromatic heterocycles. The quantitative estimate of drug-likeness (QED) is 0.921. The number of ether oxygens (including phenoxy) is 1. The molecule has 1 unspecified atom stereocenters. The second-order valence-electron chi connectivity index (χ2n) is 6.76. The summed E-state index contributed by atoms with van der Waals surface area (Å²) in [7, 11) is 0. The van der Waals surface area contributed by atoms with Gasteiger partial charge in [-0.2, -0.15) is 0 Å². The minimum absolute atomic E-state index is 0. The van der Waals surface area contributed by atoms with Crippen LogP contribution in [0.15, 0.2) is 30.3 Å². The van der Waals surface area contributed by atoms with E-state index in [1.54, 1.807) is 0 Å². The number of likely N-dealkylation sites (tertiary alicyclic amines) is 1. The van der Waals surface area contributed by atoms with Crippen LogP contribution in [0.1, 0.15) is 32.6 Å². The van der Waals surface area contributed by atoms with Crippen LogP contribution in [-0.2, 0) is 4.79 Å². The van der Waals surface area contributed by atoms with Crippen LogP contribution in [0.3, 0.4) is 0 Å². The number of halogens is 1. The van der Waals surface area contributed by atoms with Gasteiger partial charge >= 0.3 is 0 Å². The van der Waals surface area contributed by atoms with E-state index in [1.165, 1.54) is 0 Å². The standard InChI is InChI=1S/C18H26N2O2.ClH/c1-18(10-5-11-19-14-18)17(21)20-12-8-16(9-13-20)22-15-6-3-2-4-7-15;/h2-4,6-7,16,19H,5,8-14H2,1H3;1H. The van der Waals surface area contributed by atoms with E-state index >= 15 is 0 Å². The molecule has 0 spiro atoms. The highest BCUT2D eigenvalue weighted by Gasteiger charge is 2.38. The number of hydrogen-bond donors (Lipinski definition) is 1. The van der Waals surface area contributed by atoms with Crippen molar-refractivity contribution >= 4 is 18.3 Å². The minimum atomic E-state index is -0.217. The minimum Gasteiger partial charge on any atom is -0.490 e. The van der Waals surface area contributed by atoms with Crippen LogP contribution in [0.2, 0.25) is 0 Å². The smallest absolute Gasteiger partial charge is 0.229 e. The van der Waals surface area contributed by atoms with Crippen molar-refractivity contribution < 1.29 is 9.53 Å². The number of para-hydroxylation sites is 1. The molecule has 1 atom stereocenters.